The van der Waals surface area contributed by atoms with Crippen LogP contribution in [0.5, 0.6) is 0 Å². The molecule has 0 bridgehead atoms. The van der Waals surface area contributed by atoms with Gasteiger partial charge in [-0.25, -0.2) is 13.1 Å². The Labute approximate surface area is 122 Å². The number of benzene rings is 1. The zero-order chi connectivity index (χ0) is 15.0. The third-order valence-corrected chi connectivity index (χ3v) is 5.15. The highest BCUT2D eigenvalue weighted by Crippen LogP contribution is 2.36. The van der Waals surface area contributed by atoms with E-state index in [4.69, 9.17) is 0 Å². The van der Waals surface area contributed by atoms with E-state index >= 15 is 0 Å². The van der Waals surface area contributed by atoms with Crippen molar-refractivity contribution in [3.05, 3.63) is 28.2 Å². The molecule has 1 atom stereocenters. The first-order valence-corrected chi connectivity index (χ1v) is 8.07. The first kappa shape index (κ1) is 15.7. The molecule has 1 heterocycles. The summed E-state index contributed by atoms with van der Waals surface area (Å²) in [7, 11) is -3.95. The van der Waals surface area contributed by atoms with Crippen molar-refractivity contribution in [2.45, 2.75) is 23.5 Å². The van der Waals surface area contributed by atoms with E-state index in [1.165, 1.54) is 0 Å². The smallest absolute Gasteiger partial charge is 0.315 e. The highest BCUT2D eigenvalue weighted by molar-refractivity contribution is 9.10. The Balaban J connectivity index is 2.32. The lowest BCUT2D eigenvalue weighted by Gasteiger charge is -2.14. The summed E-state index contributed by atoms with van der Waals surface area (Å²) in [5.74, 6) is 0. The number of hydrogen-bond acceptors (Lipinski definition) is 3. The van der Waals surface area contributed by atoms with E-state index in [1.54, 1.807) is 0 Å². The van der Waals surface area contributed by atoms with Gasteiger partial charge >= 0.3 is 6.18 Å². The van der Waals surface area contributed by atoms with Crippen LogP contribution in [0.4, 0.5) is 13.2 Å². The maximum Gasteiger partial charge on any atom is 0.417 e. The number of sulfonamides is 1. The fraction of sp³-hybridized carbons (Fsp3) is 0.455. The zero-order valence-corrected chi connectivity index (χ0v) is 12.6. The largest absolute Gasteiger partial charge is 0.417 e. The molecule has 1 aliphatic rings. The third kappa shape index (κ3) is 3.51. The van der Waals surface area contributed by atoms with E-state index in [9.17, 15) is 21.6 Å². The summed E-state index contributed by atoms with van der Waals surface area (Å²) in [6.45, 7) is 1.16. The Morgan fingerprint density at radius 2 is 2.05 bits per heavy atom. The predicted molar refractivity (Wildman–Crippen MR) is 70.7 cm³/mol. The normalized spacial score (nSPS) is 20.3. The maximum atomic E-state index is 12.8. The van der Waals surface area contributed by atoms with Gasteiger partial charge < -0.3 is 5.32 Å². The van der Waals surface area contributed by atoms with Crippen LogP contribution in [0.15, 0.2) is 27.6 Å². The van der Waals surface area contributed by atoms with Crippen LogP contribution in [-0.2, 0) is 16.2 Å². The molecule has 4 nitrogen and oxygen atoms in total. The van der Waals surface area contributed by atoms with Crippen molar-refractivity contribution in [2.24, 2.45) is 0 Å². The maximum absolute atomic E-state index is 12.8. The van der Waals surface area contributed by atoms with Crippen molar-refractivity contribution < 1.29 is 21.6 Å². The van der Waals surface area contributed by atoms with E-state index in [-0.39, 0.29) is 15.4 Å². The van der Waals surface area contributed by atoms with E-state index < -0.39 is 21.8 Å². The SMILES string of the molecule is O=S(=O)(NC1CCNC1)c1ccc(Br)c(C(F)(F)F)c1. The van der Waals surface area contributed by atoms with Crippen LogP contribution in [0.25, 0.3) is 0 Å². The quantitative estimate of drug-likeness (QED) is 0.854. The van der Waals surface area contributed by atoms with Crippen molar-refractivity contribution in [3.63, 3.8) is 0 Å². The number of halogens is 4. The molecule has 0 spiro atoms. The van der Waals surface area contributed by atoms with Gasteiger partial charge in [0.1, 0.15) is 0 Å². The van der Waals surface area contributed by atoms with Gasteiger partial charge in [-0.15, -0.1) is 0 Å². The molecule has 0 radical (unpaired) electrons. The van der Waals surface area contributed by atoms with E-state index in [1.807, 2.05) is 0 Å². The molecule has 20 heavy (non-hydrogen) atoms. The molecule has 0 aromatic heterocycles. The van der Waals surface area contributed by atoms with Crippen molar-refractivity contribution >= 4 is 26.0 Å². The topological polar surface area (TPSA) is 58.2 Å². The molecule has 2 N–H and O–H groups in total. The van der Waals surface area contributed by atoms with Gasteiger partial charge in [0.2, 0.25) is 10.0 Å². The second kappa shape index (κ2) is 5.63. The van der Waals surface area contributed by atoms with Crippen LogP contribution in [0.3, 0.4) is 0 Å². The Hall–Kier alpha value is -0.640. The van der Waals surface area contributed by atoms with Gasteiger partial charge in [-0.05, 0) is 31.2 Å². The van der Waals surface area contributed by atoms with E-state index in [0.29, 0.717) is 25.6 Å². The average molecular weight is 373 g/mol. The Kier molecular flexibility index (Phi) is 4.43. The molecule has 0 saturated carbocycles. The van der Waals surface area contributed by atoms with E-state index in [2.05, 4.69) is 26.0 Å². The van der Waals surface area contributed by atoms with Gasteiger partial charge in [0.05, 0.1) is 10.5 Å². The first-order valence-electron chi connectivity index (χ1n) is 5.80. The Morgan fingerprint density at radius 1 is 1.35 bits per heavy atom. The Bertz CT molecular complexity index is 598. The van der Waals surface area contributed by atoms with Gasteiger partial charge in [-0.2, -0.15) is 13.2 Å². The van der Waals surface area contributed by atoms with Crippen LogP contribution in [0, 0.1) is 0 Å². The Morgan fingerprint density at radius 3 is 2.60 bits per heavy atom. The summed E-state index contributed by atoms with van der Waals surface area (Å²) in [5, 5.41) is 2.98. The molecule has 1 saturated heterocycles. The fourth-order valence-corrected chi connectivity index (χ4v) is 3.70. The van der Waals surface area contributed by atoms with Gasteiger partial charge in [0, 0.05) is 17.1 Å². The summed E-state index contributed by atoms with van der Waals surface area (Å²) < 4.78 is 64.6. The predicted octanol–water partition coefficient (Wildman–Crippen LogP) is 2.11. The molecule has 1 unspecified atom stereocenters. The molecule has 112 valence electrons. The van der Waals surface area contributed by atoms with Gasteiger partial charge in [-0.3, -0.25) is 0 Å². The summed E-state index contributed by atoms with van der Waals surface area (Å²) >= 11 is 2.78. The standard InChI is InChI=1S/C11H12BrF3N2O2S/c12-10-2-1-8(5-9(10)11(13,14)15)20(18,19)17-7-3-4-16-6-7/h1-2,5,7,16-17H,3-4,6H2. The average Bonchev–Trinajstić information content (AvgIpc) is 2.79. The summed E-state index contributed by atoms with van der Waals surface area (Å²) in [6, 6.07) is 2.57. The lowest BCUT2D eigenvalue weighted by atomic mass is 10.2. The number of nitrogens with one attached hydrogen (secondary N) is 2. The summed E-state index contributed by atoms with van der Waals surface area (Å²) in [6.07, 6.45) is -4.00. The van der Waals surface area contributed by atoms with Crippen LogP contribution < -0.4 is 10.0 Å². The van der Waals surface area contributed by atoms with Crippen molar-refractivity contribution in [1.82, 2.24) is 10.0 Å². The molecule has 9 heteroatoms. The molecule has 2 rings (SSSR count). The van der Waals surface area contributed by atoms with Crippen LogP contribution >= 0.6 is 15.9 Å². The van der Waals surface area contributed by atoms with Crippen molar-refractivity contribution in [3.8, 4) is 0 Å². The molecule has 1 fully saturated rings. The number of hydrogen-bond donors (Lipinski definition) is 2. The minimum atomic E-state index is -4.61. The minimum Gasteiger partial charge on any atom is -0.315 e. The molecule has 0 aliphatic carbocycles. The van der Waals surface area contributed by atoms with E-state index in [0.717, 1.165) is 12.1 Å². The molecule has 0 amide bonds. The minimum absolute atomic E-state index is 0.188. The fourth-order valence-electron chi connectivity index (χ4n) is 1.93. The van der Waals surface area contributed by atoms with Crippen molar-refractivity contribution in [2.75, 3.05) is 13.1 Å². The monoisotopic (exact) mass is 372 g/mol. The number of rotatable bonds is 3. The molecular weight excluding hydrogens is 361 g/mol. The highest BCUT2D eigenvalue weighted by Gasteiger charge is 2.34. The van der Waals surface area contributed by atoms with Gasteiger partial charge in [0.15, 0.2) is 0 Å². The summed E-state index contributed by atoms with van der Waals surface area (Å²) in [5.41, 5.74) is -1.01. The van der Waals surface area contributed by atoms with Gasteiger partial charge in [-0.1, -0.05) is 15.9 Å². The lowest BCUT2D eigenvalue weighted by molar-refractivity contribution is -0.138. The first-order chi connectivity index (χ1) is 9.20. The van der Waals surface area contributed by atoms with Crippen LogP contribution in [-0.4, -0.2) is 27.5 Å². The molecule has 1 aromatic carbocycles. The van der Waals surface area contributed by atoms with Gasteiger partial charge in [0.25, 0.3) is 0 Å². The second-order valence-corrected chi connectivity index (χ2v) is 7.02. The van der Waals surface area contributed by atoms with Crippen LogP contribution in [0.2, 0.25) is 0 Å². The van der Waals surface area contributed by atoms with Crippen LogP contribution in [0.1, 0.15) is 12.0 Å². The third-order valence-electron chi connectivity index (χ3n) is 2.94. The number of alkyl halides is 3. The second-order valence-electron chi connectivity index (χ2n) is 4.45. The molecule has 1 aliphatic heterocycles. The highest BCUT2D eigenvalue weighted by atomic mass is 79.9. The lowest BCUT2D eigenvalue weighted by Crippen LogP contribution is -2.36. The molecule has 1 aromatic rings. The summed E-state index contributed by atoms with van der Waals surface area (Å²) in [4.78, 5) is -0.389. The zero-order valence-electron chi connectivity index (χ0n) is 10.2. The van der Waals surface area contributed by atoms with Crippen molar-refractivity contribution in [1.29, 1.82) is 0 Å². The molecular formula is C11H12BrF3N2O2S.